The molecule has 1 saturated carbocycles. The normalized spacial score (nSPS) is 31.4. The minimum atomic E-state index is -0.145. The van der Waals surface area contributed by atoms with Crippen molar-refractivity contribution >= 4 is 11.8 Å². The second-order valence-corrected chi connectivity index (χ2v) is 4.17. The van der Waals surface area contributed by atoms with Gasteiger partial charge in [0.15, 0.2) is 0 Å². The molecule has 1 heterocycles. The molecule has 2 aliphatic rings. The fourth-order valence-corrected chi connectivity index (χ4v) is 2.39. The van der Waals surface area contributed by atoms with Crippen molar-refractivity contribution in [2.75, 3.05) is 7.05 Å². The fourth-order valence-electron chi connectivity index (χ4n) is 2.39. The summed E-state index contributed by atoms with van der Waals surface area (Å²) >= 11 is 0. The highest BCUT2D eigenvalue weighted by molar-refractivity contribution is 6.13. The Morgan fingerprint density at radius 3 is 2.13 bits per heavy atom. The predicted octanol–water partition coefficient (Wildman–Crippen LogP) is 0.442. The van der Waals surface area contributed by atoms with Gasteiger partial charge in [0.2, 0.25) is 0 Å². The topological polar surface area (TPSA) is 49.4 Å². The lowest BCUT2D eigenvalue weighted by molar-refractivity contribution is -0.140. The van der Waals surface area contributed by atoms with E-state index in [1.54, 1.807) is 0 Å². The van der Waals surface area contributed by atoms with Crippen LogP contribution in [-0.2, 0) is 9.59 Å². The number of hydrogen-bond acceptors (Lipinski definition) is 3. The lowest BCUT2D eigenvalue weighted by atomic mass is 9.90. The van der Waals surface area contributed by atoms with E-state index >= 15 is 0 Å². The number of nitrogens with one attached hydrogen (secondary N) is 1. The van der Waals surface area contributed by atoms with Crippen LogP contribution in [0.25, 0.3) is 0 Å². The second-order valence-electron chi connectivity index (χ2n) is 4.17. The van der Waals surface area contributed by atoms with Gasteiger partial charge in [0.25, 0.3) is 11.8 Å². The van der Waals surface area contributed by atoms with Crippen molar-refractivity contribution in [2.45, 2.75) is 37.8 Å². The summed E-state index contributed by atoms with van der Waals surface area (Å²) in [5.74, 6) is -0.291. The molecule has 15 heavy (non-hydrogen) atoms. The summed E-state index contributed by atoms with van der Waals surface area (Å²) in [6.45, 7) is 0. The molecule has 0 radical (unpaired) electrons. The molecule has 0 spiro atoms. The van der Waals surface area contributed by atoms with Gasteiger partial charge >= 0.3 is 0 Å². The zero-order valence-corrected chi connectivity index (χ0v) is 8.90. The van der Waals surface area contributed by atoms with Crippen molar-refractivity contribution in [1.82, 2.24) is 10.2 Å². The third-order valence-electron chi connectivity index (χ3n) is 3.31. The van der Waals surface area contributed by atoms with E-state index in [2.05, 4.69) is 5.32 Å². The number of hydrogen-bond donors (Lipinski definition) is 1. The van der Waals surface area contributed by atoms with Gasteiger partial charge in [0.05, 0.1) is 0 Å². The van der Waals surface area contributed by atoms with Crippen LogP contribution >= 0.6 is 0 Å². The van der Waals surface area contributed by atoms with Crippen molar-refractivity contribution in [3.8, 4) is 0 Å². The van der Waals surface area contributed by atoms with E-state index in [0.717, 1.165) is 25.7 Å². The molecule has 0 aromatic heterocycles. The smallest absolute Gasteiger partial charge is 0.253 e. The molecular formula is C11H16N2O2. The third kappa shape index (κ3) is 1.95. The summed E-state index contributed by atoms with van der Waals surface area (Å²) in [7, 11) is 1.96. The van der Waals surface area contributed by atoms with Gasteiger partial charge in [0.1, 0.15) is 0 Å². The first-order valence-corrected chi connectivity index (χ1v) is 5.45. The lowest BCUT2D eigenvalue weighted by Crippen LogP contribution is -2.44. The van der Waals surface area contributed by atoms with Crippen LogP contribution in [0.2, 0.25) is 0 Å². The Kier molecular flexibility index (Phi) is 2.86. The molecule has 1 aliphatic carbocycles. The monoisotopic (exact) mass is 208 g/mol. The first-order chi connectivity index (χ1) is 7.22. The van der Waals surface area contributed by atoms with Crippen LogP contribution in [0.4, 0.5) is 0 Å². The number of amides is 2. The zero-order valence-electron chi connectivity index (χ0n) is 8.90. The third-order valence-corrected chi connectivity index (χ3v) is 3.31. The van der Waals surface area contributed by atoms with E-state index in [0.29, 0.717) is 6.04 Å². The number of carbonyl (C=O) groups is 2. The van der Waals surface area contributed by atoms with Crippen LogP contribution in [0.5, 0.6) is 0 Å². The minimum Gasteiger partial charge on any atom is -0.317 e. The van der Waals surface area contributed by atoms with Gasteiger partial charge in [-0.3, -0.25) is 14.5 Å². The molecule has 1 N–H and O–H groups in total. The van der Waals surface area contributed by atoms with Gasteiger partial charge in [-0.2, -0.15) is 0 Å². The SMILES string of the molecule is CNC1CCC(N2C(=O)C=CC2=O)CC1. The van der Waals surface area contributed by atoms with Gasteiger partial charge in [0, 0.05) is 24.2 Å². The summed E-state index contributed by atoms with van der Waals surface area (Å²) in [6.07, 6.45) is 6.66. The highest BCUT2D eigenvalue weighted by atomic mass is 16.2. The van der Waals surface area contributed by atoms with Gasteiger partial charge in [-0.05, 0) is 32.7 Å². The van der Waals surface area contributed by atoms with E-state index in [1.807, 2.05) is 7.05 Å². The first kappa shape index (κ1) is 10.4. The Labute approximate surface area is 89.3 Å². The standard InChI is InChI=1S/C11H16N2O2/c1-12-8-2-4-9(5-3-8)13-10(14)6-7-11(13)15/h6-9,12H,2-5H2,1H3. The highest BCUT2D eigenvalue weighted by Crippen LogP contribution is 2.25. The minimum absolute atomic E-state index is 0.115. The molecule has 0 unspecified atom stereocenters. The van der Waals surface area contributed by atoms with Crippen LogP contribution in [0, 0.1) is 0 Å². The maximum atomic E-state index is 11.4. The number of rotatable bonds is 2. The summed E-state index contributed by atoms with van der Waals surface area (Å²) in [5, 5.41) is 3.23. The molecule has 2 amide bonds. The van der Waals surface area contributed by atoms with Gasteiger partial charge in [-0.25, -0.2) is 0 Å². The zero-order chi connectivity index (χ0) is 10.8. The van der Waals surface area contributed by atoms with E-state index in [-0.39, 0.29) is 17.9 Å². The first-order valence-electron chi connectivity index (χ1n) is 5.45. The average molecular weight is 208 g/mol. The Hall–Kier alpha value is -1.16. The molecule has 0 aromatic rings. The molecule has 0 aromatic carbocycles. The number of carbonyl (C=O) groups excluding carboxylic acids is 2. The largest absolute Gasteiger partial charge is 0.317 e. The molecule has 1 aliphatic heterocycles. The summed E-state index contributed by atoms with van der Waals surface area (Å²) in [6, 6.07) is 0.659. The van der Waals surface area contributed by atoms with E-state index in [9.17, 15) is 9.59 Å². The van der Waals surface area contributed by atoms with Gasteiger partial charge in [-0.15, -0.1) is 0 Å². The molecule has 0 bridgehead atoms. The predicted molar refractivity (Wildman–Crippen MR) is 56.1 cm³/mol. The van der Waals surface area contributed by atoms with Crippen molar-refractivity contribution < 1.29 is 9.59 Å². The van der Waals surface area contributed by atoms with Gasteiger partial charge < -0.3 is 5.32 Å². The molecule has 1 fully saturated rings. The Balaban J connectivity index is 1.96. The van der Waals surface area contributed by atoms with Crippen LogP contribution in [0.15, 0.2) is 12.2 Å². The quantitative estimate of drug-likeness (QED) is 0.670. The molecular weight excluding hydrogens is 192 g/mol. The maximum absolute atomic E-state index is 11.4. The Morgan fingerprint density at radius 2 is 1.67 bits per heavy atom. The van der Waals surface area contributed by atoms with Crippen molar-refractivity contribution in [1.29, 1.82) is 0 Å². The Bertz CT molecular complexity index is 286. The molecule has 2 rings (SSSR count). The van der Waals surface area contributed by atoms with Crippen molar-refractivity contribution in [3.05, 3.63) is 12.2 Å². The van der Waals surface area contributed by atoms with Crippen LogP contribution < -0.4 is 5.32 Å². The van der Waals surface area contributed by atoms with Crippen LogP contribution in [0.3, 0.4) is 0 Å². The highest BCUT2D eigenvalue weighted by Gasteiger charge is 2.33. The van der Waals surface area contributed by atoms with Gasteiger partial charge in [-0.1, -0.05) is 0 Å². The van der Waals surface area contributed by atoms with E-state index in [4.69, 9.17) is 0 Å². The lowest BCUT2D eigenvalue weighted by Gasteiger charge is -2.33. The summed E-state index contributed by atoms with van der Waals surface area (Å²) < 4.78 is 0. The molecule has 0 saturated heterocycles. The van der Waals surface area contributed by atoms with Crippen molar-refractivity contribution in [3.63, 3.8) is 0 Å². The Morgan fingerprint density at radius 1 is 1.13 bits per heavy atom. The molecule has 4 heteroatoms. The molecule has 0 atom stereocenters. The van der Waals surface area contributed by atoms with Crippen LogP contribution in [0.1, 0.15) is 25.7 Å². The summed E-state index contributed by atoms with van der Waals surface area (Å²) in [4.78, 5) is 24.3. The average Bonchev–Trinajstić information content (AvgIpc) is 2.59. The number of nitrogens with zero attached hydrogens (tertiary/aromatic N) is 1. The van der Waals surface area contributed by atoms with Crippen molar-refractivity contribution in [2.24, 2.45) is 0 Å². The fraction of sp³-hybridized carbons (Fsp3) is 0.636. The molecule has 82 valence electrons. The number of imide groups is 1. The summed E-state index contributed by atoms with van der Waals surface area (Å²) in [5.41, 5.74) is 0. The maximum Gasteiger partial charge on any atom is 0.253 e. The van der Waals surface area contributed by atoms with Crippen LogP contribution in [-0.4, -0.2) is 35.8 Å². The van der Waals surface area contributed by atoms with E-state index in [1.165, 1.54) is 17.1 Å². The van der Waals surface area contributed by atoms with E-state index < -0.39 is 0 Å². The molecule has 4 nitrogen and oxygen atoms in total. The second kappa shape index (κ2) is 4.14.